The molecule has 3 heterocycles. The topological polar surface area (TPSA) is 60.9 Å². The Balaban J connectivity index is 1.39. The van der Waals surface area contributed by atoms with Gasteiger partial charge in [0.2, 0.25) is 15.9 Å². The van der Waals surface area contributed by atoms with E-state index in [1.54, 1.807) is 23.5 Å². The van der Waals surface area contributed by atoms with Crippen molar-refractivity contribution in [3.8, 4) is 0 Å². The highest BCUT2D eigenvalue weighted by atomic mass is 32.2. The van der Waals surface area contributed by atoms with E-state index in [1.165, 1.54) is 9.87 Å². The molecule has 2 aromatic rings. The van der Waals surface area contributed by atoms with Gasteiger partial charge in [0.1, 0.15) is 0 Å². The van der Waals surface area contributed by atoms with E-state index in [0.29, 0.717) is 37.1 Å². The standard InChI is InChI=1S/C22H29N3O3S2/c1-17-5-7-20(8-6-17)30(27,28)24-13-11-23(12-14-24)22(26)18(2)25-10-3-4-21(25)19-9-15-29-16-19/h5-9,15-16,18,21H,3-4,10-14H2,1-2H3/t18-,21+/m1/s1. The third-order valence-electron chi connectivity index (χ3n) is 6.29. The second-order valence-corrected chi connectivity index (χ2v) is 10.9. The molecule has 2 fully saturated rings. The molecule has 2 aliphatic heterocycles. The minimum Gasteiger partial charge on any atom is -0.339 e. The van der Waals surface area contributed by atoms with E-state index >= 15 is 0 Å². The Morgan fingerprint density at radius 1 is 1.07 bits per heavy atom. The number of amides is 1. The number of carbonyl (C=O) groups excluding carboxylic acids is 1. The van der Waals surface area contributed by atoms with Crippen molar-refractivity contribution in [2.75, 3.05) is 32.7 Å². The van der Waals surface area contributed by atoms with E-state index in [4.69, 9.17) is 0 Å². The molecule has 1 aromatic carbocycles. The summed E-state index contributed by atoms with van der Waals surface area (Å²) in [5.74, 6) is 0.101. The van der Waals surface area contributed by atoms with Crippen LogP contribution in [0.2, 0.25) is 0 Å². The molecule has 8 heteroatoms. The number of likely N-dealkylation sites (tertiary alicyclic amines) is 1. The van der Waals surface area contributed by atoms with Crippen molar-refractivity contribution < 1.29 is 13.2 Å². The number of sulfonamides is 1. The average molecular weight is 448 g/mol. The molecule has 162 valence electrons. The van der Waals surface area contributed by atoms with Crippen LogP contribution < -0.4 is 0 Å². The normalized spacial score (nSPS) is 22.3. The molecule has 0 N–H and O–H groups in total. The summed E-state index contributed by atoms with van der Waals surface area (Å²) >= 11 is 1.69. The summed E-state index contributed by atoms with van der Waals surface area (Å²) in [6.45, 7) is 6.39. The molecule has 4 rings (SSSR count). The van der Waals surface area contributed by atoms with Gasteiger partial charge in [-0.2, -0.15) is 15.6 Å². The first-order valence-electron chi connectivity index (χ1n) is 10.5. The molecular formula is C22H29N3O3S2. The highest BCUT2D eigenvalue weighted by molar-refractivity contribution is 7.89. The molecule has 2 saturated heterocycles. The first-order chi connectivity index (χ1) is 14.4. The Hall–Kier alpha value is -1.74. The van der Waals surface area contributed by atoms with Gasteiger partial charge in [0.25, 0.3) is 0 Å². The summed E-state index contributed by atoms with van der Waals surface area (Å²) in [6.07, 6.45) is 2.18. The largest absolute Gasteiger partial charge is 0.339 e. The first-order valence-corrected chi connectivity index (χ1v) is 12.9. The van der Waals surface area contributed by atoms with E-state index < -0.39 is 10.0 Å². The minimum atomic E-state index is -3.52. The van der Waals surface area contributed by atoms with Gasteiger partial charge in [-0.15, -0.1) is 0 Å². The molecule has 1 aromatic heterocycles. The quantitative estimate of drug-likeness (QED) is 0.707. The molecule has 0 spiro atoms. The van der Waals surface area contributed by atoms with Crippen LogP contribution >= 0.6 is 11.3 Å². The molecule has 2 aliphatic rings. The number of piperazine rings is 1. The van der Waals surface area contributed by atoms with Gasteiger partial charge < -0.3 is 4.90 Å². The predicted octanol–water partition coefficient (Wildman–Crippen LogP) is 3.12. The van der Waals surface area contributed by atoms with Crippen LogP contribution in [-0.4, -0.2) is 67.2 Å². The van der Waals surface area contributed by atoms with Gasteiger partial charge in [0, 0.05) is 32.2 Å². The van der Waals surface area contributed by atoms with E-state index in [-0.39, 0.29) is 11.9 Å². The fourth-order valence-corrected chi connectivity index (χ4v) is 6.62. The number of hydrogen-bond acceptors (Lipinski definition) is 5. The van der Waals surface area contributed by atoms with Gasteiger partial charge >= 0.3 is 0 Å². The zero-order chi connectivity index (χ0) is 21.3. The number of aryl methyl sites for hydroxylation is 1. The molecular weight excluding hydrogens is 418 g/mol. The second-order valence-electron chi connectivity index (χ2n) is 8.17. The molecule has 0 radical (unpaired) electrons. The van der Waals surface area contributed by atoms with Crippen LogP contribution in [0.5, 0.6) is 0 Å². The lowest BCUT2D eigenvalue weighted by Crippen LogP contribution is -2.55. The number of benzene rings is 1. The van der Waals surface area contributed by atoms with Crippen LogP contribution in [0.15, 0.2) is 46.0 Å². The van der Waals surface area contributed by atoms with Gasteiger partial charge in [0.15, 0.2) is 0 Å². The lowest BCUT2D eigenvalue weighted by Gasteiger charge is -2.38. The summed E-state index contributed by atoms with van der Waals surface area (Å²) in [6, 6.07) is 9.20. The van der Waals surface area contributed by atoms with Crippen molar-refractivity contribution in [1.29, 1.82) is 0 Å². The Labute approximate surface area is 183 Å². The lowest BCUT2D eigenvalue weighted by atomic mass is 10.1. The molecule has 0 saturated carbocycles. The van der Waals surface area contributed by atoms with Crippen molar-refractivity contribution in [3.05, 3.63) is 52.2 Å². The summed E-state index contributed by atoms with van der Waals surface area (Å²) in [7, 11) is -3.52. The Kier molecular flexibility index (Phi) is 6.29. The smallest absolute Gasteiger partial charge is 0.243 e. The molecule has 0 aliphatic carbocycles. The van der Waals surface area contributed by atoms with Crippen molar-refractivity contribution >= 4 is 27.3 Å². The molecule has 0 bridgehead atoms. The zero-order valence-corrected chi connectivity index (χ0v) is 19.2. The van der Waals surface area contributed by atoms with E-state index in [9.17, 15) is 13.2 Å². The monoisotopic (exact) mass is 447 g/mol. The molecule has 1 amide bonds. The van der Waals surface area contributed by atoms with Gasteiger partial charge in [-0.1, -0.05) is 17.7 Å². The van der Waals surface area contributed by atoms with Gasteiger partial charge in [0.05, 0.1) is 10.9 Å². The fourth-order valence-electron chi connectivity index (χ4n) is 4.49. The van der Waals surface area contributed by atoms with Crippen LogP contribution in [0.25, 0.3) is 0 Å². The Morgan fingerprint density at radius 2 is 1.77 bits per heavy atom. The zero-order valence-electron chi connectivity index (χ0n) is 17.5. The summed E-state index contributed by atoms with van der Waals surface area (Å²) < 4.78 is 27.3. The number of nitrogens with zero attached hydrogens (tertiary/aromatic N) is 3. The predicted molar refractivity (Wildman–Crippen MR) is 119 cm³/mol. The summed E-state index contributed by atoms with van der Waals surface area (Å²) in [5, 5.41) is 4.26. The third-order valence-corrected chi connectivity index (χ3v) is 8.90. The van der Waals surface area contributed by atoms with Gasteiger partial charge in [-0.25, -0.2) is 8.42 Å². The fraction of sp³-hybridized carbons (Fsp3) is 0.500. The molecule has 30 heavy (non-hydrogen) atoms. The summed E-state index contributed by atoms with van der Waals surface area (Å²) in [5.41, 5.74) is 2.33. The van der Waals surface area contributed by atoms with Crippen molar-refractivity contribution in [3.63, 3.8) is 0 Å². The Bertz CT molecular complexity index is 966. The van der Waals surface area contributed by atoms with E-state index in [1.807, 2.05) is 30.9 Å². The van der Waals surface area contributed by atoms with Crippen LogP contribution in [0.4, 0.5) is 0 Å². The van der Waals surface area contributed by atoms with E-state index in [0.717, 1.165) is 24.9 Å². The van der Waals surface area contributed by atoms with Crippen LogP contribution in [0, 0.1) is 6.92 Å². The van der Waals surface area contributed by atoms with Crippen molar-refractivity contribution in [1.82, 2.24) is 14.1 Å². The second kappa shape index (κ2) is 8.78. The SMILES string of the molecule is Cc1ccc(S(=O)(=O)N2CCN(C(=O)[C@@H](C)N3CCC[C@H]3c3ccsc3)CC2)cc1. The molecule has 2 atom stereocenters. The van der Waals surface area contributed by atoms with Crippen LogP contribution in [0.3, 0.4) is 0 Å². The Morgan fingerprint density at radius 3 is 2.40 bits per heavy atom. The number of rotatable bonds is 5. The number of thiophene rings is 1. The van der Waals surface area contributed by atoms with Gasteiger partial charge in [-0.05, 0) is 67.8 Å². The molecule has 6 nitrogen and oxygen atoms in total. The first kappa shape index (κ1) is 21.5. The third kappa shape index (κ3) is 4.19. The van der Waals surface area contributed by atoms with Crippen LogP contribution in [0.1, 0.15) is 36.9 Å². The lowest BCUT2D eigenvalue weighted by molar-refractivity contribution is -0.138. The minimum absolute atomic E-state index is 0.101. The van der Waals surface area contributed by atoms with Gasteiger partial charge in [-0.3, -0.25) is 9.69 Å². The summed E-state index contributed by atoms with van der Waals surface area (Å²) in [4.78, 5) is 17.6. The van der Waals surface area contributed by atoms with Crippen LogP contribution in [-0.2, 0) is 14.8 Å². The van der Waals surface area contributed by atoms with Crippen molar-refractivity contribution in [2.45, 2.75) is 43.7 Å². The maximum Gasteiger partial charge on any atom is 0.243 e. The number of hydrogen-bond donors (Lipinski definition) is 0. The highest BCUT2D eigenvalue weighted by Crippen LogP contribution is 2.35. The molecule has 0 unspecified atom stereocenters. The highest BCUT2D eigenvalue weighted by Gasteiger charge is 2.37. The van der Waals surface area contributed by atoms with Crippen molar-refractivity contribution in [2.24, 2.45) is 0 Å². The van der Waals surface area contributed by atoms with E-state index in [2.05, 4.69) is 21.7 Å². The average Bonchev–Trinajstić information content (AvgIpc) is 3.44. The maximum absolute atomic E-state index is 13.2. The maximum atomic E-state index is 13.2. The number of carbonyl (C=O) groups is 1.